The van der Waals surface area contributed by atoms with Crippen molar-refractivity contribution in [2.24, 2.45) is 0 Å². The normalized spacial score (nSPS) is 9.84. The number of hydrogen-bond acceptors (Lipinski definition) is 15. The second kappa shape index (κ2) is 27.7. The van der Waals surface area contributed by atoms with Gasteiger partial charge in [0.2, 0.25) is 0 Å². The molecule has 348 valence electrons. The highest BCUT2D eigenvalue weighted by Gasteiger charge is 2.23. The van der Waals surface area contributed by atoms with E-state index in [4.69, 9.17) is 88.7 Å². The van der Waals surface area contributed by atoms with Crippen LogP contribution in [0.1, 0.15) is 31.1 Å². The fourth-order valence-corrected chi connectivity index (χ4v) is 3.78. The lowest BCUT2D eigenvalue weighted by molar-refractivity contribution is -0.742. The highest BCUT2D eigenvalue weighted by atomic mass is 35.6. The number of nitrogens with zero attached hydrogens (tertiary/aromatic N) is 2. The van der Waals surface area contributed by atoms with Crippen LogP contribution in [0.15, 0.2) is 92.9 Å². The number of alkyl halides is 3. The second-order valence-electron chi connectivity index (χ2n) is 10.0. The predicted octanol–water partition coefficient (Wildman–Crippen LogP) is 6.37. The van der Waals surface area contributed by atoms with Crippen molar-refractivity contribution < 1.29 is 94.0 Å². The Balaban J connectivity index is 0. The van der Waals surface area contributed by atoms with Crippen LogP contribution in [-0.4, -0.2) is 80.4 Å². The smallest absolute Gasteiger partial charge is 0.419 e. The van der Waals surface area contributed by atoms with E-state index in [1.165, 1.54) is 30.3 Å². The number of carboxylic acids is 3. The number of aromatic amines is 1. The van der Waals surface area contributed by atoms with Gasteiger partial charge in [0.1, 0.15) is 28.8 Å². The summed E-state index contributed by atoms with van der Waals surface area (Å²) in [5.41, 5.74) is 2.10. The Kier molecular flexibility index (Phi) is 25.5. The number of hydrogen-bond donors (Lipinski definition) is 8. The first-order valence-corrected chi connectivity index (χ1v) is 17.8. The molecule has 0 fully saturated rings. The van der Waals surface area contributed by atoms with Gasteiger partial charge in [0.15, 0.2) is 0 Å². The molecular formula is C31H22Cl4F4N4O20S. The topological polar surface area (TPSA) is 408 Å². The lowest BCUT2D eigenvalue weighted by atomic mass is 10.2. The number of nitrogen functional groups attached to an aromatic ring is 1. The monoisotopic (exact) mass is 1020 g/mol. The van der Waals surface area contributed by atoms with Gasteiger partial charge in [-0.15, -0.1) is 10.1 Å². The van der Waals surface area contributed by atoms with Gasteiger partial charge >= 0.3 is 49.1 Å². The number of aromatic nitrogens is 1. The third kappa shape index (κ3) is 28.4. The summed E-state index contributed by atoms with van der Waals surface area (Å²) >= 11 is 19.4. The number of anilines is 1. The van der Waals surface area contributed by atoms with Crippen LogP contribution in [0.25, 0.3) is 10.9 Å². The maximum atomic E-state index is 12.6. The van der Waals surface area contributed by atoms with Gasteiger partial charge in [-0.2, -0.15) is 8.42 Å². The van der Waals surface area contributed by atoms with Gasteiger partial charge in [-0.25, -0.2) is 46.3 Å². The first kappa shape index (κ1) is 58.9. The van der Waals surface area contributed by atoms with Gasteiger partial charge in [0.25, 0.3) is 10.8 Å². The minimum atomic E-state index is -4.67. The molecule has 4 aromatic carbocycles. The molecule has 1 heterocycles. The van der Waals surface area contributed by atoms with Crippen LogP contribution in [-0.2, 0) is 15.1 Å². The van der Waals surface area contributed by atoms with Crippen molar-refractivity contribution in [3.63, 3.8) is 0 Å². The Morgan fingerprint density at radius 1 is 0.750 bits per heavy atom. The van der Waals surface area contributed by atoms with Crippen LogP contribution in [0, 0.1) is 43.5 Å². The van der Waals surface area contributed by atoms with Gasteiger partial charge in [-0.3, -0.25) is 24.2 Å². The zero-order chi connectivity index (χ0) is 50.3. The molecule has 0 unspecified atom stereocenters. The summed E-state index contributed by atoms with van der Waals surface area (Å²) in [6.45, 7) is 0. The van der Waals surface area contributed by atoms with Crippen molar-refractivity contribution >= 4 is 102 Å². The van der Waals surface area contributed by atoms with Gasteiger partial charge in [-0.05, 0) is 102 Å². The highest BCUT2D eigenvalue weighted by Crippen LogP contribution is 2.28. The van der Waals surface area contributed by atoms with E-state index in [9.17, 15) is 56.4 Å². The predicted molar refractivity (Wildman–Crippen MR) is 210 cm³/mol. The van der Waals surface area contributed by atoms with Crippen LogP contribution >= 0.6 is 46.4 Å². The molecule has 0 aliphatic heterocycles. The van der Waals surface area contributed by atoms with Crippen LogP contribution in [0.4, 0.5) is 33.7 Å². The Morgan fingerprint density at radius 2 is 1.19 bits per heavy atom. The number of H-pyrrole nitrogens is 1. The van der Waals surface area contributed by atoms with Crippen molar-refractivity contribution in [2.45, 2.75) is 3.98 Å². The highest BCUT2D eigenvalue weighted by molar-refractivity contribution is 7.79. The zero-order valence-corrected chi connectivity index (χ0v) is 34.1. The molecule has 0 saturated heterocycles. The number of ether oxygens (including phenoxy) is 1. The van der Waals surface area contributed by atoms with Crippen molar-refractivity contribution in [1.82, 2.24) is 4.98 Å². The first-order chi connectivity index (χ1) is 29.1. The van der Waals surface area contributed by atoms with Gasteiger partial charge < -0.3 is 35.4 Å². The summed E-state index contributed by atoms with van der Waals surface area (Å²) in [5, 5.41) is 49.2. The van der Waals surface area contributed by atoms with Crippen molar-refractivity contribution in [3.05, 3.63) is 160 Å². The summed E-state index contributed by atoms with van der Waals surface area (Å²) in [7, 11) is -4.67. The van der Waals surface area contributed by atoms with E-state index in [1.807, 2.05) is 0 Å². The Bertz CT molecular complexity index is 2680. The largest absolute Gasteiger partial charge is 0.478 e. The molecule has 0 aliphatic rings. The maximum absolute atomic E-state index is 12.6. The number of aromatic carboxylic acids is 3. The maximum Gasteiger partial charge on any atom is 0.419 e. The molecule has 0 atom stereocenters. The summed E-state index contributed by atoms with van der Waals surface area (Å²) in [6.07, 6.45) is 0. The fraction of sp³-hybridized carbons (Fsp3) is 0.0323. The molecule has 24 nitrogen and oxygen atoms in total. The summed E-state index contributed by atoms with van der Waals surface area (Å²) < 4.78 is 87.4. The number of carbonyl (C=O) groups is 4. The Labute approximate surface area is 370 Å². The van der Waals surface area contributed by atoms with E-state index in [0.717, 1.165) is 42.5 Å². The lowest BCUT2D eigenvalue weighted by Crippen LogP contribution is -2.14. The van der Waals surface area contributed by atoms with E-state index >= 15 is 0 Å². The van der Waals surface area contributed by atoms with Crippen LogP contribution < -0.4 is 17.1 Å². The van der Waals surface area contributed by atoms with Crippen molar-refractivity contribution in [1.29, 1.82) is 0 Å². The van der Waals surface area contributed by atoms with E-state index in [0.29, 0.717) is 6.07 Å². The molecule has 5 rings (SSSR count). The minimum Gasteiger partial charge on any atom is -0.478 e. The van der Waals surface area contributed by atoms with Gasteiger partial charge in [0, 0.05) is 23.4 Å². The van der Waals surface area contributed by atoms with E-state index < -0.39 is 93.6 Å². The molecule has 64 heavy (non-hydrogen) atoms. The number of carbonyl (C=O) groups excluding carboxylic acids is 1. The molecule has 1 aromatic heterocycles. The average molecular weight is 1020 g/mol. The number of halogens is 8. The minimum absolute atomic E-state index is 0.0274. The van der Waals surface area contributed by atoms with Gasteiger partial charge in [0.05, 0.1) is 27.0 Å². The zero-order valence-electron chi connectivity index (χ0n) is 30.3. The molecular weight excluding hydrogens is 998 g/mol. The van der Waals surface area contributed by atoms with E-state index in [1.54, 1.807) is 0 Å². The summed E-state index contributed by atoms with van der Waals surface area (Å²) in [4.78, 5) is 82.4. The third-order valence-electron chi connectivity index (χ3n) is 5.52. The van der Waals surface area contributed by atoms with E-state index in [2.05, 4.69) is 25.7 Å². The Hall–Kier alpha value is -7.15. The quantitative estimate of drug-likeness (QED) is 0.0184. The summed E-state index contributed by atoms with van der Waals surface area (Å²) in [6, 6.07) is 13.8. The Morgan fingerprint density at radius 3 is 1.56 bits per heavy atom. The van der Waals surface area contributed by atoms with Crippen LogP contribution in [0.5, 0.6) is 0 Å². The number of nitrogens with one attached hydrogen (secondary N) is 1. The van der Waals surface area contributed by atoms with E-state index in [-0.39, 0.29) is 27.7 Å². The van der Waals surface area contributed by atoms with Crippen LogP contribution in [0.2, 0.25) is 0 Å². The molecule has 0 bridgehead atoms. The average Bonchev–Trinajstić information content (AvgIpc) is 3.12. The summed E-state index contributed by atoms with van der Waals surface area (Å²) in [5.74, 6) is -7.19. The number of rotatable bonds is 4. The number of nitro groups is 1. The molecule has 33 heteroatoms. The standard InChI is InChI=1S/C8H4FNO3.C7H4FNO4.C7H6FNO2.C7H5FO2.C2Cl4O2.HNO3.H2O4S/c9-4-1-2-6-5(3-4)7(11)13-8(12)10-6;8-4-1-2-6(9(12)13)5(3-4)7(10)11;8-4-1-2-6(9)5(3-4)7(10)11;8-6-3-1-2-5(4-6)7(9)10;3-1(7)8-2(4,5)6;2-1(3)4;1-5(2,3)4/h1-3H,(H,10,12);1-3H,(H,10,11);1-3H,9H2,(H,10,11);1-4H,(H,9,10);;(H,2,3,4);(H2,1,2,3,4). The van der Waals surface area contributed by atoms with Gasteiger partial charge in [-0.1, -0.05) is 6.07 Å². The number of benzene rings is 4. The molecule has 0 amide bonds. The van der Waals surface area contributed by atoms with Crippen LogP contribution in [0.3, 0.4) is 0 Å². The molecule has 0 spiro atoms. The number of nitro benzene ring substituents is 1. The van der Waals surface area contributed by atoms with Crippen molar-refractivity contribution in [2.75, 3.05) is 5.73 Å². The molecule has 0 saturated carbocycles. The molecule has 9 N–H and O–H groups in total. The SMILES string of the molecule is Nc1ccc(F)cc1C(=O)O.O=C(Cl)OC(Cl)(Cl)Cl.O=C(O)c1cc(F)ccc1[N+](=O)[O-].O=C(O)c1cccc(F)c1.O=S(=O)(O)O.O=[N+]([O-])O.O=c1[nH]c2ccc(F)cc2c(=O)o1. The molecule has 5 aromatic rings. The third-order valence-corrected chi connectivity index (χ3v) is 5.83. The number of fused-ring (bicyclic) bond motifs is 1. The molecule has 0 radical (unpaired) electrons. The molecule has 0 aliphatic carbocycles. The lowest BCUT2D eigenvalue weighted by Gasteiger charge is -2.06. The first-order valence-electron chi connectivity index (χ1n) is 14.9. The second-order valence-corrected chi connectivity index (χ2v) is 13.4. The number of nitrogens with two attached hydrogens (primary N) is 1. The fourth-order valence-electron chi connectivity index (χ4n) is 3.33. The van der Waals surface area contributed by atoms with Crippen molar-refractivity contribution in [3.8, 4) is 0 Å². The number of carboxylic acid groups (broad SMARTS) is 3.